The van der Waals surface area contributed by atoms with Crippen LogP contribution in [0.5, 0.6) is 17.4 Å². The Labute approximate surface area is 188 Å². The smallest absolute Gasteiger partial charge is 0.262 e. The Morgan fingerprint density at radius 1 is 1.09 bits per heavy atom. The molecule has 1 amide bonds. The Hall–Kier alpha value is -4.40. The molecule has 0 atom stereocenters. The summed E-state index contributed by atoms with van der Waals surface area (Å²) in [7, 11) is 0. The van der Waals surface area contributed by atoms with E-state index in [-0.39, 0.29) is 25.1 Å². The van der Waals surface area contributed by atoms with E-state index in [0.717, 1.165) is 17.0 Å². The van der Waals surface area contributed by atoms with Crippen LogP contribution in [0.3, 0.4) is 0 Å². The Balaban J connectivity index is 1.32. The molecule has 4 aromatic rings. The van der Waals surface area contributed by atoms with Crippen LogP contribution < -0.4 is 19.5 Å². The van der Waals surface area contributed by atoms with Gasteiger partial charge in [-0.05, 0) is 26.0 Å². The summed E-state index contributed by atoms with van der Waals surface area (Å²) in [6.45, 7) is 3.12. The molecular weight excluding hydrogens is 424 g/mol. The van der Waals surface area contributed by atoms with Gasteiger partial charge in [0.15, 0.2) is 29.5 Å². The molecule has 0 radical (unpaired) electrons. The summed E-state index contributed by atoms with van der Waals surface area (Å²) in [4.78, 5) is 29.1. The number of carbonyl (C=O) groups is 2. The summed E-state index contributed by atoms with van der Waals surface area (Å²) in [5.74, 6) is 0.552. The molecule has 9 heteroatoms. The van der Waals surface area contributed by atoms with Crippen LogP contribution in [0.15, 0.2) is 54.6 Å². The van der Waals surface area contributed by atoms with Crippen molar-refractivity contribution in [1.82, 2.24) is 14.6 Å². The lowest BCUT2D eigenvalue weighted by Crippen LogP contribution is -2.21. The fourth-order valence-corrected chi connectivity index (χ4v) is 3.59. The first kappa shape index (κ1) is 20.5. The van der Waals surface area contributed by atoms with Gasteiger partial charge < -0.3 is 19.5 Å². The minimum absolute atomic E-state index is 0.0700. The number of anilines is 1. The number of hydrogen-bond donors (Lipinski definition) is 1. The van der Waals surface area contributed by atoms with E-state index in [1.807, 2.05) is 43.3 Å². The second-order valence-corrected chi connectivity index (χ2v) is 7.55. The number of carbonyl (C=O) groups excluding carboxylic acids is 2. The van der Waals surface area contributed by atoms with Crippen molar-refractivity contribution < 1.29 is 23.8 Å². The highest BCUT2D eigenvalue weighted by atomic mass is 16.7. The highest BCUT2D eigenvalue weighted by Crippen LogP contribution is 2.37. The van der Waals surface area contributed by atoms with Gasteiger partial charge >= 0.3 is 0 Å². The number of rotatable bonds is 6. The molecule has 9 nitrogen and oxygen atoms in total. The van der Waals surface area contributed by atoms with Gasteiger partial charge in [0.05, 0.1) is 11.4 Å². The number of amides is 1. The third-order valence-corrected chi connectivity index (χ3v) is 5.17. The number of fused-ring (bicyclic) bond motifs is 2. The minimum atomic E-state index is -0.442. The van der Waals surface area contributed by atoms with E-state index >= 15 is 0 Å². The molecule has 3 heterocycles. The molecule has 0 bridgehead atoms. The Bertz CT molecular complexity index is 1380. The van der Waals surface area contributed by atoms with Crippen LogP contribution in [0.4, 0.5) is 5.69 Å². The molecule has 2 aromatic carbocycles. The Morgan fingerprint density at radius 3 is 2.61 bits per heavy atom. The van der Waals surface area contributed by atoms with Gasteiger partial charge in [0.25, 0.3) is 5.91 Å². The molecule has 1 N–H and O–H groups in total. The van der Waals surface area contributed by atoms with Gasteiger partial charge in [0.2, 0.25) is 12.7 Å². The monoisotopic (exact) mass is 444 g/mol. The maximum absolute atomic E-state index is 12.5. The quantitative estimate of drug-likeness (QED) is 0.453. The molecule has 2 aromatic heterocycles. The number of aromatic nitrogens is 3. The molecule has 1 aliphatic rings. The van der Waals surface area contributed by atoms with Crippen LogP contribution in [0.25, 0.3) is 16.9 Å². The van der Waals surface area contributed by atoms with E-state index in [1.54, 1.807) is 22.7 Å². The topological polar surface area (TPSA) is 104 Å². The standard InChI is InChI=1S/C24H20N4O5/c1-14-8-18(16-6-4-3-5-7-16)25-22-11-24(27-28(14)22)31-12-23(30)26-19-10-21-20(32-13-33-21)9-17(19)15(2)29/h3-11H,12-13H2,1-2H3,(H,26,30). The van der Waals surface area contributed by atoms with E-state index in [1.165, 1.54) is 6.92 Å². The maximum Gasteiger partial charge on any atom is 0.262 e. The molecule has 0 spiro atoms. The van der Waals surface area contributed by atoms with Gasteiger partial charge in [-0.2, -0.15) is 0 Å². The van der Waals surface area contributed by atoms with Crippen molar-refractivity contribution in [2.45, 2.75) is 13.8 Å². The maximum atomic E-state index is 12.5. The van der Waals surface area contributed by atoms with Crippen LogP contribution in [0.2, 0.25) is 0 Å². The third-order valence-electron chi connectivity index (χ3n) is 5.17. The van der Waals surface area contributed by atoms with E-state index in [9.17, 15) is 9.59 Å². The van der Waals surface area contributed by atoms with Crippen molar-refractivity contribution >= 4 is 23.0 Å². The van der Waals surface area contributed by atoms with E-state index in [0.29, 0.717) is 28.4 Å². The molecule has 0 aliphatic carbocycles. The zero-order valence-corrected chi connectivity index (χ0v) is 18.0. The van der Waals surface area contributed by atoms with Gasteiger partial charge in [0, 0.05) is 29.0 Å². The molecule has 0 saturated heterocycles. The normalized spacial score (nSPS) is 12.1. The average molecular weight is 444 g/mol. The second-order valence-electron chi connectivity index (χ2n) is 7.55. The lowest BCUT2D eigenvalue weighted by molar-refractivity contribution is -0.118. The fraction of sp³-hybridized carbons (Fsp3) is 0.167. The zero-order chi connectivity index (χ0) is 22.9. The van der Waals surface area contributed by atoms with Crippen molar-refractivity contribution in [1.29, 1.82) is 0 Å². The number of nitrogens with one attached hydrogen (secondary N) is 1. The highest BCUT2D eigenvalue weighted by Gasteiger charge is 2.20. The minimum Gasteiger partial charge on any atom is -0.466 e. The predicted octanol–water partition coefficient (Wildman–Crippen LogP) is 3.65. The van der Waals surface area contributed by atoms with Crippen molar-refractivity contribution in [3.05, 3.63) is 65.9 Å². The average Bonchev–Trinajstić information content (AvgIpc) is 3.44. The first-order chi connectivity index (χ1) is 16.0. The number of hydrogen-bond acceptors (Lipinski definition) is 7. The van der Waals surface area contributed by atoms with Gasteiger partial charge in [-0.25, -0.2) is 9.50 Å². The van der Waals surface area contributed by atoms with Gasteiger partial charge in [-0.15, -0.1) is 5.10 Å². The zero-order valence-electron chi connectivity index (χ0n) is 18.0. The lowest BCUT2D eigenvalue weighted by Gasteiger charge is -2.10. The first-order valence-electron chi connectivity index (χ1n) is 10.3. The van der Waals surface area contributed by atoms with E-state index in [2.05, 4.69) is 15.4 Å². The Kier molecular flexibility index (Phi) is 5.14. The van der Waals surface area contributed by atoms with Crippen molar-refractivity contribution in [2.24, 2.45) is 0 Å². The summed E-state index contributed by atoms with van der Waals surface area (Å²) >= 11 is 0. The number of benzene rings is 2. The number of aryl methyl sites for hydroxylation is 1. The lowest BCUT2D eigenvalue weighted by atomic mass is 10.1. The highest BCUT2D eigenvalue weighted by molar-refractivity contribution is 6.04. The van der Waals surface area contributed by atoms with Crippen LogP contribution in [-0.2, 0) is 4.79 Å². The summed E-state index contributed by atoms with van der Waals surface area (Å²) in [5.41, 5.74) is 3.97. The van der Waals surface area contributed by atoms with Crippen molar-refractivity contribution in [3.63, 3.8) is 0 Å². The van der Waals surface area contributed by atoms with Gasteiger partial charge in [-0.3, -0.25) is 9.59 Å². The van der Waals surface area contributed by atoms with Crippen LogP contribution in [-0.4, -0.2) is 39.7 Å². The first-order valence-corrected chi connectivity index (χ1v) is 10.3. The number of ether oxygens (including phenoxy) is 3. The van der Waals surface area contributed by atoms with Gasteiger partial charge in [0.1, 0.15) is 0 Å². The fourth-order valence-electron chi connectivity index (χ4n) is 3.59. The van der Waals surface area contributed by atoms with E-state index in [4.69, 9.17) is 14.2 Å². The molecule has 1 aliphatic heterocycles. The molecule has 33 heavy (non-hydrogen) atoms. The Morgan fingerprint density at radius 2 is 1.85 bits per heavy atom. The summed E-state index contributed by atoms with van der Waals surface area (Å²) in [6.07, 6.45) is 0. The molecule has 0 fully saturated rings. The van der Waals surface area contributed by atoms with Crippen LogP contribution >= 0.6 is 0 Å². The SMILES string of the molecule is CC(=O)c1cc2c(cc1NC(=O)COc1cc3nc(-c4ccccc4)cc(C)n3n1)OCO2. The van der Waals surface area contributed by atoms with Crippen molar-refractivity contribution in [2.75, 3.05) is 18.7 Å². The molecular formula is C24H20N4O5. The molecule has 5 rings (SSSR count). The summed E-state index contributed by atoms with van der Waals surface area (Å²) in [6, 6.07) is 16.6. The van der Waals surface area contributed by atoms with Crippen molar-refractivity contribution in [3.8, 4) is 28.6 Å². The summed E-state index contributed by atoms with van der Waals surface area (Å²) < 4.78 is 17.9. The van der Waals surface area contributed by atoms with Gasteiger partial charge in [-0.1, -0.05) is 30.3 Å². The molecule has 0 saturated carbocycles. The second kappa shape index (κ2) is 8.27. The van der Waals surface area contributed by atoms with E-state index < -0.39 is 5.91 Å². The number of nitrogens with zero attached hydrogens (tertiary/aromatic N) is 3. The third kappa shape index (κ3) is 4.08. The molecule has 166 valence electrons. The molecule has 0 unspecified atom stereocenters. The largest absolute Gasteiger partial charge is 0.466 e. The van der Waals surface area contributed by atoms with Crippen LogP contribution in [0, 0.1) is 6.92 Å². The predicted molar refractivity (Wildman–Crippen MR) is 120 cm³/mol. The summed E-state index contributed by atoms with van der Waals surface area (Å²) in [5, 5.41) is 7.08. The number of Topliss-reactive ketones (excluding diaryl/α,β-unsaturated/α-hetero) is 1. The number of ketones is 1. The van der Waals surface area contributed by atoms with Crippen LogP contribution in [0.1, 0.15) is 23.0 Å².